The first kappa shape index (κ1) is 16.0. The molecule has 2 rings (SSSR count). The van der Waals surface area contributed by atoms with Crippen LogP contribution in [0.4, 0.5) is 0 Å². The van der Waals surface area contributed by atoms with Crippen molar-refractivity contribution in [3.05, 3.63) is 65.7 Å². The molecule has 3 N–H and O–H groups in total. The summed E-state index contributed by atoms with van der Waals surface area (Å²) in [7, 11) is 0. The first-order valence-electron chi connectivity index (χ1n) is 6.87. The minimum absolute atomic E-state index is 0.306. The summed E-state index contributed by atoms with van der Waals surface area (Å²) in [6.45, 7) is -0.324. The van der Waals surface area contributed by atoms with Gasteiger partial charge in [-0.25, -0.2) is 0 Å². The minimum atomic E-state index is -0.932. The maximum absolute atomic E-state index is 12.0. The summed E-state index contributed by atoms with van der Waals surface area (Å²) in [6.07, 6.45) is 0. The van der Waals surface area contributed by atoms with Crippen LogP contribution in [-0.2, 0) is 9.59 Å². The molecule has 2 amide bonds. The SMILES string of the molecule is N#Cc1ccccc1OCC(=O)NC(C(N)=O)c1ccccc1. The Morgan fingerprint density at radius 1 is 1.13 bits per heavy atom. The Bertz CT molecular complexity index is 738. The van der Waals surface area contributed by atoms with E-state index in [-0.39, 0.29) is 6.61 Å². The highest BCUT2D eigenvalue weighted by Crippen LogP contribution is 2.16. The number of primary amides is 1. The van der Waals surface area contributed by atoms with Gasteiger partial charge in [0.05, 0.1) is 5.56 Å². The van der Waals surface area contributed by atoms with Crippen molar-refractivity contribution >= 4 is 11.8 Å². The van der Waals surface area contributed by atoms with Crippen LogP contribution in [0.15, 0.2) is 54.6 Å². The maximum atomic E-state index is 12.0. The maximum Gasteiger partial charge on any atom is 0.258 e. The van der Waals surface area contributed by atoms with Gasteiger partial charge in [-0.3, -0.25) is 9.59 Å². The Labute approximate surface area is 133 Å². The normalized spacial score (nSPS) is 11.1. The molecule has 1 unspecified atom stereocenters. The highest BCUT2D eigenvalue weighted by molar-refractivity contribution is 5.88. The third kappa shape index (κ3) is 4.32. The zero-order valence-electron chi connectivity index (χ0n) is 12.2. The number of nitrogens with zero attached hydrogens (tertiary/aromatic N) is 1. The van der Waals surface area contributed by atoms with Crippen LogP contribution in [-0.4, -0.2) is 18.4 Å². The number of carbonyl (C=O) groups excluding carboxylic acids is 2. The second-order valence-electron chi connectivity index (χ2n) is 4.71. The Kier molecular flexibility index (Phi) is 5.31. The van der Waals surface area contributed by atoms with Crippen LogP contribution in [0.2, 0.25) is 0 Å². The fourth-order valence-corrected chi connectivity index (χ4v) is 2.00. The topological polar surface area (TPSA) is 105 Å². The number of nitrogens with one attached hydrogen (secondary N) is 1. The molecule has 6 nitrogen and oxygen atoms in total. The predicted octanol–water partition coefficient (Wildman–Crippen LogP) is 1.28. The number of amides is 2. The van der Waals surface area contributed by atoms with Gasteiger partial charge in [-0.1, -0.05) is 42.5 Å². The van der Waals surface area contributed by atoms with Gasteiger partial charge in [0.2, 0.25) is 5.91 Å². The molecule has 0 aliphatic rings. The Hall–Kier alpha value is -3.33. The average molecular weight is 309 g/mol. The van der Waals surface area contributed by atoms with Crippen LogP contribution in [0.3, 0.4) is 0 Å². The van der Waals surface area contributed by atoms with E-state index >= 15 is 0 Å². The van der Waals surface area contributed by atoms with Crippen LogP contribution in [0.5, 0.6) is 5.75 Å². The lowest BCUT2D eigenvalue weighted by atomic mass is 10.1. The van der Waals surface area contributed by atoms with Crippen LogP contribution in [0, 0.1) is 11.3 Å². The van der Waals surface area contributed by atoms with Crippen molar-refractivity contribution in [2.24, 2.45) is 5.73 Å². The lowest BCUT2D eigenvalue weighted by Crippen LogP contribution is -2.39. The standard InChI is InChI=1S/C17H15N3O3/c18-10-13-8-4-5-9-14(13)23-11-15(21)20-16(17(19)22)12-6-2-1-3-7-12/h1-9,16H,11H2,(H2,19,22)(H,20,21). The number of benzene rings is 2. The van der Waals surface area contributed by atoms with Crippen molar-refractivity contribution < 1.29 is 14.3 Å². The Morgan fingerprint density at radius 3 is 2.43 bits per heavy atom. The van der Waals surface area contributed by atoms with Gasteiger partial charge in [0, 0.05) is 0 Å². The molecular formula is C17H15N3O3. The zero-order chi connectivity index (χ0) is 16.7. The number of nitrogens with two attached hydrogens (primary N) is 1. The number of para-hydroxylation sites is 1. The van der Waals surface area contributed by atoms with E-state index in [2.05, 4.69) is 5.32 Å². The van der Waals surface area contributed by atoms with E-state index in [4.69, 9.17) is 15.7 Å². The van der Waals surface area contributed by atoms with E-state index < -0.39 is 17.9 Å². The van der Waals surface area contributed by atoms with Gasteiger partial charge in [-0.15, -0.1) is 0 Å². The number of hydrogen-bond acceptors (Lipinski definition) is 4. The van der Waals surface area contributed by atoms with E-state index in [0.29, 0.717) is 16.9 Å². The predicted molar refractivity (Wildman–Crippen MR) is 83.2 cm³/mol. The number of hydrogen-bond donors (Lipinski definition) is 2. The van der Waals surface area contributed by atoms with Crippen LogP contribution < -0.4 is 15.8 Å². The van der Waals surface area contributed by atoms with Crippen LogP contribution in [0.25, 0.3) is 0 Å². The largest absolute Gasteiger partial charge is 0.482 e. The molecule has 0 fully saturated rings. The van der Waals surface area contributed by atoms with E-state index in [9.17, 15) is 9.59 Å². The van der Waals surface area contributed by atoms with Crippen molar-refractivity contribution in [3.63, 3.8) is 0 Å². The van der Waals surface area contributed by atoms with Crippen molar-refractivity contribution in [3.8, 4) is 11.8 Å². The molecule has 2 aromatic carbocycles. The third-order valence-corrected chi connectivity index (χ3v) is 3.09. The molecule has 0 spiro atoms. The Balaban J connectivity index is 2.01. The minimum Gasteiger partial charge on any atom is -0.482 e. The molecule has 6 heteroatoms. The monoisotopic (exact) mass is 309 g/mol. The van der Waals surface area contributed by atoms with Gasteiger partial charge in [0.15, 0.2) is 6.61 Å². The van der Waals surface area contributed by atoms with Gasteiger partial charge in [-0.05, 0) is 17.7 Å². The molecule has 0 aliphatic heterocycles. The first-order chi connectivity index (χ1) is 11.1. The molecule has 0 saturated heterocycles. The number of nitriles is 1. The van der Waals surface area contributed by atoms with Gasteiger partial charge >= 0.3 is 0 Å². The van der Waals surface area contributed by atoms with Gasteiger partial charge in [-0.2, -0.15) is 5.26 Å². The van der Waals surface area contributed by atoms with E-state index in [0.717, 1.165) is 0 Å². The molecular weight excluding hydrogens is 294 g/mol. The summed E-state index contributed by atoms with van der Waals surface area (Å²) in [4.78, 5) is 23.5. The van der Waals surface area contributed by atoms with E-state index in [1.807, 2.05) is 6.07 Å². The number of rotatable bonds is 6. The van der Waals surface area contributed by atoms with Crippen LogP contribution in [0.1, 0.15) is 17.2 Å². The molecule has 0 aliphatic carbocycles. The molecule has 1 atom stereocenters. The number of carbonyl (C=O) groups is 2. The van der Waals surface area contributed by atoms with Crippen molar-refractivity contribution in [2.45, 2.75) is 6.04 Å². The molecule has 23 heavy (non-hydrogen) atoms. The lowest BCUT2D eigenvalue weighted by Gasteiger charge is -2.16. The highest BCUT2D eigenvalue weighted by atomic mass is 16.5. The quantitative estimate of drug-likeness (QED) is 0.838. The van der Waals surface area contributed by atoms with E-state index in [1.54, 1.807) is 54.6 Å². The lowest BCUT2D eigenvalue weighted by molar-refractivity contribution is -0.128. The van der Waals surface area contributed by atoms with Crippen molar-refractivity contribution in [2.75, 3.05) is 6.61 Å². The van der Waals surface area contributed by atoms with Crippen molar-refractivity contribution in [1.29, 1.82) is 5.26 Å². The second kappa shape index (κ2) is 7.61. The fourth-order valence-electron chi connectivity index (χ4n) is 2.00. The summed E-state index contributed by atoms with van der Waals surface area (Å²) in [5, 5.41) is 11.5. The fraction of sp³-hybridized carbons (Fsp3) is 0.118. The van der Waals surface area contributed by atoms with Crippen molar-refractivity contribution in [1.82, 2.24) is 5.32 Å². The summed E-state index contributed by atoms with van der Waals surface area (Å²) in [5.41, 5.74) is 6.25. The molecule has 0 aromatic heterocycles. The highest BCUT2D eigenvalue weighted by Gasteiger charge is 2.20. The van der Waals surface area contributed by atoms with Gasteiger partial charge < -0.3 is 15.8 Å². The van der Waals surface area contributed by atoms with E-state index in [1.165, 1.54) is 0 Å². The van der Waals surface area contributed by atoms with Gasteiger partial charge in [0.25, 0.3) is 5.91 Å². The third-order valence-electron chi connectivity index (χ3n) is 3.09. The average Bonchev–Trinajstić information content (AvgIpc) is 2.58. The smallest absolute Gasteiger partial charge is 0.258 e. The molecule has 116 valence electrons. The first-order valence-corrected chi connectivity index (χ1v) is 6.87. The second-order valence-corrected chi connectivity index (χ2v) is 4.71. The summed E-state index contributed by atoms with van der Waals surface area (Å²) in [5.74, 6) is -0.868. The molecule has 0 radical (unpaired) electrons. The molecule has 0 saturated carbocycles. The molecule has 0 bridgehead atoms. The summed E-state index contributed by atoms with van der Waals surface area (Å²) >= 11 is 0. The van der Waals surface area contributed by atoms with Crippen LogP contribution >= 0.6 is 0 Å². The summed E-state index contributed by atoms with van der Waals surface area (Å²) in [6, 6.07) is 16.3. The number of ether oxygens (including phenoxy) is 1. The Morgan fingerprint density at radius 2 is 1.78 bits per heavy atom. The van der Waals surface area contributed by atoms with Gasteiger partial charge in [0.1, 0.15) is 17.9 Å². The zero-order valence-corrected chi connectivity index (χ0v) is 12.2. The molecule has 0 heterocycles. The molecule has 2 aromatic rings. The summed E-state index contributed by atoms with van der Waals surface area (Å²) < 4.78 is 5.32.